The van der Waals surface area contributed by atoms with Crippen molar-refractivity contribution < 1.29 is 30.8 Å². The van der Waals surface area contributed by atoms with Gasteiger partial charge in [-0.1, -0.05) is 90.6 Å². The fourth-order valence-electron chi connectivity index (χ4n) is 3.64. The molecule has 0 unspecified atom stereocenters. The Bertz CT molecular complexity index is 2600. The molecule has 0 atom stereocenters. The molecule has 6 aromatic rings. The number of nitrogens with zero attached hydrogens (tertiary/aromatic N) is 2. The summed E-state index contributed by atoms with van der Waals surface area (Å²) in [6, 6.07) is -12.7. The summed E-state index contributed by atoms with van der Waals surface area (Å²) in [6.07, 6.45) is 0. The maximum Gasteiger partial charge on any atom is 0.160 e. The van der Waals surface area contributed by atoms with Crippen molar-refractivity contribution in [3.63, 3.8) is 0 Å². The van der Waals surface area contributed by atoms with Crippen LogP contribution in [0.2, 0.25) is 0 Å². The van der Waals surface area contributed by atoms with Crippen molar-refractivity contribution in [3.8, 4) is 56.5 Å². The maximum absolute atomic E-state index is 9.38. The van der Waals surface area contributed by atoms with Gasteiger partial charge in [0.05, 0.1) is 37.4 Å². The molecular weight excluding hydrogens is 428 g/mol. The Morgan fingerprint density at radius 1 is 0.543 bits per heavy atom. The van der Waals surface area contributed by atoms with Gasteiger partial charge in [0.1, 0.15) is 11.5 Å². The number of ether oxygens (including phenoxy) is 1. The van der Waals surface area contributed by atoms with Crippen LogP contribution in [-0.4, -0.2) is 9.97 Å². The monoisotopic (exact) mass is 467 g/mol. The third-order valence-electron chi connectivity index (χ3n) is 5.16. The van der Waals surface area contributed by atoms with Crippen molar-refractivity contribution in [1.29, 1.82) is 0 Å². The SMILES string of the molecule is [2H]c1c([2H])c([2H])c(-c2cc(-c3c([2H])c([2H])c([2H])c([2H])c3[2H])nc(-c3c([2H])c([2H])c4c(c3[2H])-c3c([2H])c([2H])c([2H])c5c([2H])c([2H])c([2H])c(c35)O4)n2)c([2H])c1[2H]. The molecule has 2 heterocycles. The molecule has 1 aliphatic heterocycles. The largest absolute Gasteiger partial charge is 0.456 e. The van der Waals surface area contributed by atoms with E-state index >= 15 is 0 Å². The maximum atomic E-state index is 9.38. The highest BCUT2D eigenvalue weighted by molar-refractivity contribution is 6.04. The first-order valence-corrected chi connectivity index (χ1v) is 10.1. The molecule has 0 saturated carbocycles. The predicted molar refractivity (Wildman–Crippen MR) is 141 cm³/mol. The number of aromatic nitrogens is 2. The van der Waals surface area contributed by atoms with Crippen LogP contribution in [-0.2, 0) is 0 Å². The van der Waals surface area contributed by atoms with Crippen LogP contribution in [0.3, 0.4) is 0 Å². The van der Waals surface area contributed by atoms with Crippen molar-refractivity contribution in [2.45, 2.75) is 0 Å². The zero-order valence-electron chi connectivity index (χ0n) is 36.4. The van der Waals surface area contributed by atoms with Gasteiger partial charge in [-0.25, -0.2) is 9.97 Å². The van der Waals surface area contributed by atoms with Gasteiger partial charge < -0.3 is 4.74 Å². The topological polar surface area (TPSA) is 35.0 Å². The van der Waals surface area contributed by atoms with Crippen molar-refractivity contribution in [3.05, 3.63) is 121 Å². The zero-order chi connectivity index (χ0) is 39.7. The van der Waals surface area contributed by atoms with Gasteiger partial charge in [0.25, 0.3) is 0 Å². The summed E-state index contributed by atoms with van der Waals surface area (Å²) >= 11 is 0. The molecule has 0 radical (unpaired) electrons. The third-order valence-corrected chi connectivity index (χ3v) is 5.16. The Morgan fingerprint density at radius 3 is 1.89 bits per heavy atom. The van der Waals surface area contributed by atoms with E-state index in [1.54, 1.807) is 0 Å². The summed E-state index contributed by atoms with van der Waals surface area (Å²) in [5, 5.41) is -0.567. The summed E-state index contributed by atoms with van der Waals surface area (Å²) in [4.78, 5) is 8.72. The molecule has 0 N–H and O–H groups in total. The minimum atomic E-state index is -0.798. The number of hydrogen-bond acceptors (Lipinski definition) is 3. The molecule has 7 rings (SSSR count). The van der Waals surface area contributed by atoms with Crippen LogP contribution < -0.4 is 4.74 Å². The zero-order valence-corrected chi connectivity index (χ0v) is 17.4. The normalized spacial score (nSPS) is 19.3. The van der Waals surface area contributed by atoms with Crippen LogP contribution >= 0.6 is 0 Å². The fourth-order valence-corrected chi connectivity index (χ4v) is 3.64. The van der Waals surface area contributed by atoms with E-state index < -0.39 is 166 Å². The predicted octanol–water partition coefficient (Wildman–Crippen LogP) is 8.40. The molecular formula is C32H20N2O. The van der Waals surface area contributed by atoms with E-state index in [1.807, 2.05) is 0 Å². The first-order chi connectivity index (χ1) is 25.2. The third kappa shape index (κ3) is 3.37. The lowest BCUT2D eigenvalue weighted by Crippen LogP contribution is -1.99. The van der Waals surface area contributed by atoms with E-state index in [0.717, 1.165) is 6.07 Å². The number of fused-ring (bicyclic) bond motifs is 2. The van der Waals surface area contributed by atoms with Gasteiger partial charge in [0.2, 0.25) is 0 Å². The second kappa shape index (κ2) is 7.93. The molecule has 3 nitrogen and oxygen atoms in total. The average molecular weight is 468 g/mol. The van der Waals surface area contributed by atoms with Gasteiger partial charge >= 0.3 is 0 Å². The number of benzene rings is 5. The quantitative estimate of drug-likeness (QED) is 0.262. The Balaban J connectivity index is 1.66. The highest BCUT2D eigenvalue weighted by atomic mass is 16.5. The van der Waals surface area contributed by atoms with E-state index in [-0.39, 0.29) is 16.3 Å². The molecule has 0 fully saturated rings. The molecule has 0 amide bonds. The minimum Gasteiger partial charge on any atom is -0.456 e. The van der Waals surface area contributed by atoms with E-state index in [4.69, 9.17) is 29.4 Å². The van der Waals surface area contributed by atoms with Crippen molar-refractivity contribution in [2.24, 2.45) is 0 Å². The summed E-state index contributed by atoms with van der Waals surface area (Å²) < 4.78 is 168. The first-order valence-electron chi connectivity index (χ1n) is 19.6. The van der Waals surface area contributed by atoms with Gasteiger partial charge in [-0.15, -0.1) is 0 Å². The highest BCUT2D eigenvalue weighted by Crippen LogP contribution is 2.47. The summed E-state index contributed by atoms with van der Waals surface area (Å²) in [7, 11) is 0. The fraction of sp³-hybridized carbons (Fsp3) is 0. The Labute approximate surface area is 230 Å². The van der Waals surface area contributed by atoms with Gasteiger partial charge in [-0.3, -0.25) is 0 Å². The van der Waals surface area contributed by atoms with Gasteiger partial charge in [0, 0.05) is 27.6 Å². The van der Waals surface area contributed by atoms with Crippen LogP contribution in [0.1, 0.15) is 26.0 Å². The van der Waals surface area contributed by atoms with E-state index in [2.05, 4.69) is 9.97 Å². The lowest BCUT2D eigenvalue weighted by atomic mass is 9.93. The lowest BCUT2D eigenvalue weighted by molar-refractivity contribution is 0.487. The summed E-state index contributed by atoms with van der Waals surface area (Å²) in [6.45, 7) is 0. The van der Waals surface area contributed by atoms with Crippen LogP contribution in [0.15, 0.2) is 121 Å². The van der Waals surface area contributed by atoms with Crippen LogP contribution in [0.5, 0.6) is 11.5 Å². The van der Waals surface area contributed by atoms with Gasteiger partial charge in [-0.2, -0.15) is 0 Å². The molecule has 35 heavy (non-hydrogen) atoms. The van der Waals surface area contributed by atoms with Gasteiger partial charge in [0.15, 0.2) is 5.82 Å². The van der Waals surface area contributed by atoms with Crippen LogP contribution in [0.25, 0.3) is 55.8 Å². The molecule has 0 saturated heterocycles. The standard InChI is InChI=1S/C32H20N2O/c1-3-9-21(10-4-1)27-20-28(22-11-5-2-6-12-22)34-32(33-27)24-17-18-29-26(19-24)25-15-7-13-23-14-8-16-30(35-29)31(23)25/h1-20H/i1D,2D,3D,4D,5D,6D,7D,8D,9D,10D,11D,12D,13D,14D,15D,16D,17D,18D,19D. The van der Waals surface area contributed by atoms with Crippen LogP contribution in [0, 0.1) is 0 Å². The molecule has 0 bridgehead atoms. The Kier molecular flexibility index (Phi) is 1.92. The van der Waals surface area contributed by atoms with Crippen molar-refractivity contribution in [1.82, 2.24) is 9.97 Å². The van der Waals surface area contributed by atoms with E-state index in [0.29, 0.717) is 0 Å². The molecule has 0 spiro atoms. The highest BCUT2D eigenvalue weighted by Gasteiger charge is 2.21. The summed E-state index contributed by atoms with van der Waals surface area (Å²) in [5.41, 5.74) is -3.21. The lowest BCUT2D eigenvalue weighted by Gasteiger charge is -2.21. The van der Waals surface area contributed by atoms with Crippen LogP contribution in [0.4, 0.5) is 0 Å². The van der Waals surface area contributed by atoms with E-state index in [9.17, 15) is 1.37 Å². The summed E-state index contributed by atoms with van der Waals surface area (Å²) in [5.74, 6) is -1.61. The Morgan fingerprint density at radius 2 is 1.20 bits per heavy atom. The van der Waals surface area contributed by atoms with Gasteiger partial charge in [-0.05, 0) is 41.2 Å². The van der Waals surface area contributed by atoms with Crippen molar-refractivity contribution in [2.75, 3.05) is 0 Å². The molecule has 3 heteroatoms. The number of rotatable bonds is 3. The number of hydrogen-bond donors (Lipinski definition) is 0. The second-order valence-corrected chi connectivity index (χ2v) is 7.22. The first kappa shape index (κ1) is 8.47. The molecule has 1 aromatic heterocycles. The smallest absolute Gasteiger partial charge is 0.160 e. The molecule has 164 valence electrons. The average Bonchev–Trinajstić information content (AvgIpc) is 3.14. The van der Waals surface area contributed by atoms with E-state index in [1.165, 1.54) is 0 Å². The minimum absolute atomic E-state index is 0.232. The molecule has 1 aliphatic rings. The van der Waals surface area contributed by atoms with Crippen molar-refractivity contribution >= 4 is 10.8 Å². The Hall–Kier alpha value is -4.76. The second-order valence-electron chi connectivity index (χ2n) is 7.22. The molecule has 0 aliphatic carbocycles. The molecule has 5 aromatic carbocycles.